The van der Waals surface area contributed by atoms with Crippen molar-refractivity contribution in [1.29, 1.82) is 0 Å². The van der Waals surface area contributed by atoms with Crippen molar-refractivity contribution in [2.75, 3.05) is 33.3 Å². The summed E-state index contributed by atoms with van der Waals surface area (Å²) in [6.45, 7) is 7.21. The molecule has 1 N–H and O–H groups in total. The minimum Gasteiger partial charge on any atom is -0.496 e. The fraction of sp³-hybridized carbons (Fsp3) is 0.500. The van der Waals surface area contributed by atoms with Crippen molar-refractivity contribution < 1.29 is 17.9 Å². The molecule has 0 spiro atoms. The molecule has 1 aromatic rings. The van der Waals surface area contributed by atoms with E-state index < -0.39 is 11.7 Å². The van der Waals surface area contributed by atoms with Gasteiger partial charge in [0.25, 0.3) is 0 Å². The normalized spacial score (nSPS) is 16.5. The molecular formula is C16H23Cl2F3N2O. The van der Waals surface area contributed by atoms with Gasteiger partial charge in [-0.15, -0.1) is 31.4 Å². The van der Waals surface area contributed by atoms with Gasteiger partial charge in [-0.25, -0.2) is 0 Å². The zero-order valence-electron chi connectivity index (χ0n) is 13.4. The van der Waals surface area contributed by atoms with Crippen LogP contribution in [0.4, 0.5) is 13.2 Å². The van der Waals surface area contributed by atoms with Crippen LogP contribution in [0.2, 0.25) is 0 Å². The van der Waals surface area contributed by atoms with Crippen LogP contribution in [-0.2, 0) is 6.18 Å². The molecule has 1 aliphatic heterocycles. The standard InChI is InChI=1S/C16H21F3N2O.2ClH/c1-3-4-14(21-9-7-20-8-10-21)13-6-5-12(16(17,18)19)11-15(13)22-2;;/h3,5-6,11,14,20H,1,4,7-10H2,2H3;2*1H/t14-;;/m0../s1. The van der Waals surface area contributed by atoms with Crippen LogP contribution >= 0.6 is 24.8 Å². The quantitative estimate of drug-likeness (QED) is 0.771. The summed E-state index contributed by atoms with van der Waals surface area (Å²) in [6.07, 6.45) is -1.90. The second-order valence-electron chi connectivity index (χ2n) is 5.28. The van der Waals surface area contributed by atoms with Crippen LogP contribution < -0.4 is 10.1 Å². The van der Waals surface area contributed by atoms with Crippen LogP contribution in [0.15, 0.2) is 30.9 Å². The van der Waals surface area contributed by atoms with Crippen molar-refractivity contribution >= 4 is 24.8 Å². The molecular weight excluding hydrogens is 364 g/mol. The Balaban J connectivity index is 0.00000264. The van der Waals surface area contributed by atoms with E-state index in [0.29, 0.717) is 6.42 Å². The fourth-order valence-corrected chi connectivity index (χ4v) is 2.79. The Labute approximate surface area is 153 Å². The van der Waals surface area contributed by atoms with Gasteiger partial charge in [-0.3, -0.25) is 4.90 Å². The Morgan fingerprint density at radius 3 is 2.42 bits per heavy atom. The Morgan fingerprint density at radius 1 is 1.29 bits per heavy atom. The van der Waals surface area contributed by atoms with E-state index in [1.807, 2.05) is 0 Å². The van der Waals surface area contributed by atoms with Crippen molar-refractivity contribution in [3.05, 3.63) is 42.0 Å². The topological polar surface area (TPSA) is 24.5 Å². The molecule has 1 heterocycles. The third kappa shape index (κ3) is 5.55. The molecule has 24 heavy (non-hydrogen) atoms. The van der Waals surface area contributed by atoms with Crippen molar-refractivity contribution in [2.24, 2.45) is 0 Å². The van der Waals surface area contributed by atoms with Gasteiger partial charge >= 0.3 is 6.18 Å². The zero-order chi connectivity index (χ0) is 16.2. The van der Waals surface area contributed by atoms with Gasteiger partial charge in [0.2, 0.25) is 0 Å². The van der Waals surface area contributed by atoms with Gasteiger partial charge < -0.3 is 10.1 Å². The van der Waals surface area contributed by atoms with Crippen LogP contribution in [0.5, 0.6) is 5.75 Å². The second kappa shape index (κ2) is 10.1. The van der Waals surface area contributed by atoms with Crippen molar-refractivity contribution in [2.45, 2.75) is 18.6 Å². The highest BCUT2D eigenvalue weighted by Crippen LogP contribution is 2.37. The Morgan fingerprint density at radius 2 is 1.92 bits per heavy atom. The van der Waals surface area contributed by atoms with Gasteiger partial charge in [-0.05, 0) is 18.6 Å². The predicted molar refractivity (Wildman–Crippen MR) is 94.5 cm³/mol. The van der Waals surface area contributed by atoms with E-state index in [-0.39, 0.29) is 36.6 Å². The third-order valence-corrected chi connectivity index (χ3v) is 3.90. The molecule has 1 aromatic carbocycles. The Bertz CT molecular complexity index is 521. The van der Waals surface area contributed by atoms with E-state index in [0.717, 1.165) is 43.9 Å². The summed E-state index contributed by atoms with van der Waals surface area (Å²) in [7, 11) is 1.40. The molecule has 8 heteroatoms. The van der Waals surface area contributed by atoms with Crippen molar-refractivity contribution in [3.8, 4) is 5.75 Å². The van der Waals surface area contributed by atoms with Crippen LogP contribution in [0, 0.1) is 0 Å². The molecule has 138 valence electrons. The highest BCUT2D eigenvalue weighted by molar-refractivity contribution is 5.85. The minimum atomic E-state index is -4.37. The van der Waals surface area contributed by atoms with E-state index in [1.165, 1.54) is 13.2 Å². The lowest BCUT2D eigenvalue weighted by Gasteiger charge is -2.35. The van der Waals surface area contributed by atoms with Gasteiger partial charge in [0.15, 0.2) is 0 Å². The number of halogens is 5. The molecule has 0 unspecified atom stereocenters. The number of benzene rings is 1. The summed E-state index contributed by atoms with van der Waals surface area (Å²) in [5.41, 5.74) is 0.0862. The van der Waals surface area contributed by atoms with Gasteiger partial charge in [0.05, 0.1) is 12.7 Å². The van der Waals surface area contributed by atoms with Gasteiger partial charge in [0, 0.05) is 37.8 Å². The molecule has 2 rings (SSSR count). The number of piperazine rings is 1. The zero-order valence-corrected chi connectivity index (χ0v) is 15.1. The average Bonchev–Trinajstić information content (AvgIpc) is 2.52. The van der Waals surface area contributed by atoms with Crippen LogP contribution in [-0.4, -0.2) is 38.2 Å². The third-order valence-electron chi connectivity index (χ3n) is 3.90. The predicted octanol–water partition coefficient (Wildman–Crippen LogP) is 4.08. The van der Waals surface area contributed by atoms with Crippen LogP contribution in [0.25, 0.3) is 0 Å². The van der Waals surface area contributed by atoms with Crippen LogP contribution in [0.1, 0.15) is 23.6 Å². The molecule has 0 aromatic heterocycles. The fourth-order valence-electron chi connectivity index (χ4n) is 2.79. The van der Waals surface area contributed by atoms with E-state index in [9.17, 15) is 13.2 Å². The summed E-state index contributed by atoms with van der Waals surface area (Å²) in [6, 6.07) is 3.71. The molecule has 1 atom stereocenters. The number of nitrogens with one attached hydrogen (secondary N) is 1. The first kappa shape index (κ1) is 23.1. The van der Waals surface area contributed by atoms with Crippen molar-refractivity contribution in [3.63, 3.8) is 0 Å². The lowest BCUT2D eigenvalue weighted by atomic mass is 9.98. The maximum atomic E-state index is 12.8. The first-order valence-corrected chi connectivity index (χ1v) is 7.28. The van der Waals surface area contributed by atoms with Gasteiger partial charge in [-0.2, -0.15) is 13.2 Å². The molecule has 0 bridgehead atoms. The summed E-state index contributed by atoms with van der Waals surface area (Å²) >= 11 is 0. The molecule has 0 amide bonds. The smallest absolute Gasteiger partial charge is 0.416 e. The lowest BCUT2D eigenvalue weighted by molar-refractivity contribution is -0.137. The van der Waals surface area contributed by atoms with E-state index in [4.69, 9.17) is 4.74 Å². The number of hydrogen-bond acceptors (Lipinski definition) is 3. The molecule has 3 nitrogen and oxygen atoms in total. The number of nitrogens with zero attached hydrogens (tertiary/aromatic N) is 1. The number of alkyl halides is 3. The number of hydrogen-bond donors (Lipinski definition) is 1. The molecule has 1 saturated heterocycles. The molecule has 1 aliphatic rings. The van der Waals surface area contributed by atoms with E-state index in [1.54, 1.807) is 6.08 Å². The van der Waals surface area contributed by atoms with Gasteiger partial charge in [0.1, 0.15) is 5.75 Å². The highest BCUT2D eigenvalue weighted by Gasteiger charge is 2.32. The van der Waals surface area contributed by atoms with E-state index in [2.05, 4.69) is 16.8 Å². The van der Waals surface area contributed by atoms with Crippen molar-refractivity contribution in [1.82, 2.24) is 10.2 Å². The second-order valence-corrected chi connectivity index (χ2v) is 5.28. The van der Waals surface area contributed by atoms with Gasteiger partial charge in [-0.1, -0.05) is 12.1 Å². The lowest BCUT2D eigenvalue weighted by Crippen LogP contribution is -2.45. The largest absolute Gasteiger partial charge is 0.496 e. The summed E-state index contributed by atoms with van der Waals surface area (Å²) < 4.78 is 43.8. The summed E-state index contributed by atoms with van der Waals surface area (Å²) in [4.78, 5) is 2.25. The molecule has 0 aliphatic carbocycles. The molecule has 1 fully saturated rings. The average molecular weight is 387 g/mol. The SMILES string of the molecule is C=CC[C@@H](c1ccc(C(F)(F)F)cc1OC)N1CCNCC1.Cl.Cl. The molecule has 0 saturated carbocycles. The first-order valence-electron chi connectivity index (χ1n) is 7.28. The Kier molecular flexibility index (Phi) is 9.73. The highest BCUT2D eigenvalue weighted by atomic mass is 35.5. The molecule has 0 radical (unpaired) electrons. The minimum absolute atomic E-state index is 0. The summed E-state index contributed by atoms with van der Waals surface area (Å²) in [5.74, 6) is 0.278. The summed E-state index contributed by atoms with van der Waals surface area (Å²) in [5, 5.41) is 3.27. The van der Waals surface area contributed by atoms with E-state index >= 15 is 0 Å². The van der Waals surface area contributed by atoms with Crippen LogP contribution in [0.3, 0.4) is 0 Å². The number of rotatable bonds is 5. The Hall–Kier alpha value is -0.950. The number of methoxy groups -OCH3 is 1. The maximum absolute atomic E-state index is 12.8. The number of ether oxygens (including phenoxy) is 1. The first-order chi connectivity index (χ1) is 10.5. The maximum Gasteiger partial charge on any atom is 0.416 e. The monoisotopic (exact) mass is 386 g/mol.